The van der Waals surface area contributed by atoms with Crippen molar-refractivity contribution in [1.82, 2.24) is 0 Å². The molecule has 3 heteroatoms. The van der Waals surface area contributed by atoms with Gasteiger partial charge in [0.1, 0.15) is 5.60 Å². The van der Waals surface area contributed by atoms with E-state index in [0.717, 1.165) is 12.1 Å². The SMILES string of the molecule is CCC(O)(C(C)=NC(C)C)C(C)C.[Lu]. The predicted molar refractivity (Wildman–Crippen MR) is 58.3 cm³/mol. The number of nitrogens with zero attached hydrogens (tertiary/aromatic N) is 1. The fourth-order valence-corrected chi connectivity index (χ4v) is 1.58. The molecule has 0 saturated carbocycles. The van der Waals surface area contributed by atoms with Crippen molar-refractivity contribution in [1.29, 1.82) is 0 Å². The van der Waals surface area contributed by atoms with Crippen LogP contribution in [0.5, 0.6) is 0 Å². The number of aliphatic hydroxyl groups is 1. The second-order valence-corrected chi connectivity index (χ2v) is 4.24. The Kier molecular flexibility index (Phi) is 8.87. The minimum atomic E-state index is -0.718. The molecule has 0 fully saturated rings. The quantitative estimate of drug-likeness (QED) is 0.769. The first-order valence-corrected chi connectivity index (χ1v) is 5.11. The van der Waals surface area contributed by atoms with E-state index in [4.69, 9.17) is 0 Å². The van der Waals surface area contributed by atoms with Crippen LogP contribution in [0.25, 0.3) is 0 Å². The third-order valence-corrected chi connectivity index (χ3v) is 2.57. The van der Waals surface area contributed by atoms with Gasteiger partial charge in [-0.3, -0.25) is 4.99 Å². The number of hydrogen-bond donors (Lipinski definition) is 1. The van der Waals surface area contributed by atoms with Crippen LogP contribution in [-0.2, 0) is 0 Å². The van der Waals surface area contributed by atoms with E-state index in [1.165, 1.54) is 0 Å². The Labute approximate surface area is 117 Å². The molecule has 0 spiro atoms. The molecule has 0 rings (SSSR count). The molecule has 0 aromatic rings. The van der Waals surface area contributed by atoms with Crippen LogP contribution in [0, 0.1) is 42.8 Å². The molecule has 0 bridgehead atoms. The topological polar surface area (TPSA) is 32.6 Å². The van der Waals surface area contributed by atoms with Crippen LogP contribution >= 0.6 is 0 Å². The largest absolute Gasteiger partial charge is 0.384 e. The van der Waals surface area contributed by atoms with Crippen LogP contribution in [0.1, 0.15) is 48.0 Å². The van der Waals surface area contributed by atoms with Gasteiger partial charge in [-0.05, 0) is 33.1 Å². The van der Waals surface area contributed by atoms with E-state index in [1.807, 2.05) is 41.5 Å². The van der Waals surface area contributed by atoms with Gasteiger partial charge in [0, 0.05) is 48.6 Å². The number of aliphatic imine (C=N–C) groups is 1. The molecule has 93 valence electrons. The van der Waals surface area contributed by atoms with Crippen molar-refractivity contribution < 1.29 is 42.0 Å². The summed E-state index contributed by atoms with van der Waals surface area (Å²) >= 11 is 0. The normalized spacial score (nSPS) is 16.8. The average Bonchev–Trinajstić information content (AvgIpc) is 2.01. The van der Waals surface area contributed by atoms with Crippen molar-refractivity contribution in [2.24, 2.45) is 10.9 Å². The smallest absolute Gasteiger partial charge is 0.104 e. The predicted octanol–water partition coefficient (Wildman–Crippen LogP) is 2.65. The summed E-state index contributed by atoms with van der Waals surface area (Å²) in [4.78, 5) is 4.41. The van der Waals surface area contributed by atoms with E-state index in [9.17, 15) is 5.11 Å². The molecule has 0 amide bonds. The maximum Gasteiger partial charge on any atom is 0.104 e. The summed E-state index contributed by atoms with van der Waals surface area (Å²) in [5.74, 6) is 0.222. The molecular formula is C11H23LuNO. The molecule has 1 N–H and O–H groups in total. The minimum absolute atomic E-state index is 0. The van der Waals surface area contributed by atoms with Gasteiger partial charge in [0.05, 0.1) is 0 Å². The van der Waals surface area contributed by atoms with Crippen LogP contribution in [0.2, 0.25) is 0 Å². The van der Waals surface area contributed by atoms with E-state index in [-0.39, 0.29) is 48.8 Å². The zero-order valence-corrected chi connectivity index (χ0v) is 11.7. The summed E-state index contributed by atoms with van der Waals surface area (Å²) in [6.45, 7) is 12.0. The standard InChI is InChI=1S/C11H23NO.Lu/c1-7-11(13,8(2)3)10(6)12-9(4)5;/h8-9,13H,7H2,1-6H3;. The van der Waals surface area contributed by atoms with Crippen LogP contribution in [0.15, 0.2) is 4.99 Å². The zero-order chi connectivity index (χ0) is 10.6. The first-order valence-electron chi connectivity index (χ1n) is 5.11. The van der Waals surface area contributed by atoms with Gasteiger partial charge in [-0.1, -0.05) is 20.8 Å². The maximum atomic E-state index is 10.3. The van der Waals surface area contributed by atoms with Gasteiger partial charge in [0.2, 0.25) is 0 Å². The first kappa shape index (κ1) is 17.3. The molecule has 0 aliphatic heterocycles. The summed E-state index contributed by atoms with van der Waals surface area (Å²) in [6.07, 6.45) is 0.729. The third kappa shape index (κ3) is 4.59. The third-order valence-electron chi connectivity index (χ3n) is 2.57. The molecule has 0 aromatic heterocycles. The fraction of sp³-hybridized carbons (Fsp3) is 0.909. The van der Waals surface area contributed by atoms with Gasteiger partial charge in [0.25, 0.3) is 0 Å². The van der Waals surface area contributed by atoms with Crippen molar-refractivity contribution in [2.45, 2.75) is 59.6 Å². The molecule has 0 saturated heterocycles. The molecular weight excluding hydrogens is 337 g/mol. The molecule has 0 aliphatic rings. The molecule has 0 heterocycles. The summed E-state index contributed by atoms with van der Waals surface area (Å²) in [7, 11) is 0. The molecule has 1 radical (unpaired) electrons. The molecule has 2 nitrogen and oxygen atoms in total. The first-order chi connectivity index (χ1) is 5.84. The maximum absolute atomic E-state index is 10.3. The van der Waals surface area contributed by atoms with Crippen LogP contribution < -0.4 is 0 Å². The Morgan fingerprint density at radius 1 is 1.29 bits per heavy atom. The Morgan fingerprint density at radius 3 is 1.93 bits per heavy atom. The van der Waals surface area contributed by atoms with E-state index >= 15 is 0 Å². The summed E-state index contributed by atoms with van der Waals surface area (Å²) in [5.41, 5.74) is 0.143. The second kappa shape index (κ2) is 7.19. The summed E-state index contributed by atoms with van der Waals surface area (Å²) in [5, 5.41) is 10.3. The zero-order valence-electron chi connectivity index (χ0n) is 10.0. The Balaban J connectivity index is 0. The van der Waals surface area contributed by atoms with Crippen molar-refractivity contribution in [3.63, 3.8) is 0 Å². The monoisotopic (exact) mass is 360 g/mol. The fourth-order valence-electron chi connectivity index (χ4n) is 1.58. The average molecular weight is 360 g/mol. The van der Waals surface area contributed by atoms with Gasteiger partial charge >= 0.3 is 0 Å². The molecule has 0 aromatic carbocycles. The van der Waals surface area contributed by atoms with Crippen molar-refractivity contribution in [3.05, 3.63) is 0 Å². The van der Waals surface area contributed by atoms with Gasteiger partial charge in [-0.2, -0.15) is 0 Å². The molecule has 0 aliphatic carbocycles. The minimum Gasteiger partial charge on any atom is -0.384 e. The van der Waals surface area contributed by atoms with E-state index in [0.29, 0.717) is 0 Å². The van der Waals surface area contributed by atoms with Crippen molar-refractivity contribution >= 4 is 5.71 Å². The van der Waals surface area contributed by atoms with Crippen molar-refractivity contribution in [2.75, 3.05) is 0 Å². The Hall–Kier alpha value is 0.864. The van der Waals surface area contributed by atoms with Crippen LogP contribution in [0.4, 0.5) is 0 Å². The number of rotatable bonds is 4. The molecule has 1 atom stereocenters. The molecule has 14 heavy (non-hydrogen) atoms. The van der Waals surface area contributed by atoms with Crippen LogP contribution in [-0.4, -0.2) is 22.5 Å². The van der Waals surface area contributed by atoms with Gasteiger partial charge in [-0.15, -0.1) is 0 Å². The van der Waals surface area contributed by atoms with Gasteiger partial charge in [-0.25, -0.2) is 0 Å². The van der Waals surface area contributed by atoms with Gasteiger partial charge < -0.3 is 5.11 Å². The van der Waals surface area contributed by atoms with E-state index < -0.39 is 5.60 Å². The summed E-state index contributed by atoms with van der Waals surface area (Å²) < 4.78 is 0. The number of hydrogen-bond acceptors (Lipinski definition) is 2. The second-order valence-electron chi connectivity index (χ2n) is 4.24. The van der Waals surface area contributed by atoms with Crippen molar-refractivity contribution in [3.8, 4) is 0 Å². The van der Waals surface area contributed by atoms with Gasteiger partial charge in [0.15, 0.2) is 0 Å². The van der Waals surface area contributed by atoms with E-state index in [2.05, 4.69) is 4.99 Å². The Morgan fingerprint density at radius 2 is 1.71 bits per heavy atom. The van der Waals surface area contributed by atoms with Crippen LogP contribution in [0.3, 0.4) is 0 Å². The Bertz CT molecular complexity index is 190. The summed E-state index contributed by atoms with van der Waals surface area (Å²) in [6, 6.07) is 0.261. The molecule has 1 unspecified atom stereocenters. The van der Waals surface area contributed by atoms with E-state index in [1.54, 1.807) is 0 Å².